The first-order valence-corrected chi connectivity index (χ1v) is 6.61. The second-order valence-electron chi connectivity index (χ2n) is 4.17. The smallest absolute Gasteiger partial charge is 0.284 e. The molecular weight excluding hydrogens is 316 g/mol. The Bertz CT molecular complexity index is 477. The molecule has 6 nitrogen and oxygen atoms in total. The van der Waals surface area contributed by atoms with E-state index in [1.54, 1.807) is 6.92 Å². The first-order valence-electron chi connectivity index (χ1n) is 5.82. The normalized spacial score (nSPS) is 11.9. The summed E-state index contributed by atoms with van der Waals surface area (Å²) in [7, 11) is 0. The molecule has 0 bridgehead atoms. The van der Waals surface area contributed by atoms with Crippen molar-refractivity contribution in [2.75, 3.05) is 6.54 Å². The van der Waals surface area contributed by atoms with Gasteiger partial charge in [0, 0.05) is 18.2 Å². The number of nitrogens with one attached hydrogen (secondary N) is 1. The van der Waals surface area contributed by atoms with Gasteiger partial charge in [0.25, 0.3) is 11.6 Å². The molecule has 1 unspecified atom stereocenters. The quantitative estimate of drug-likeness (QED) is 0.475. The lowest BCUT2D eigenvalue weighted by Gasteiger charge is -2.07. The highest BCUT2D eigenvalue weighted by molar-refractivity contribution is 9.10. The molecule has 0 aromatic heterocycles. The van der Waals surface area contributed by atoms with Gasteiger partial charge in [0.1, 0.15) is 0 Å². The van der Waals surface area contributed by atoms with Crippen LogP contribution in [0.5, 0.6) is 0 Å². The predicted molar refractivity (Wildman–Crippen MR) is 74.0 cm³/mol. The van der Waals surface area contributed by atoms with Crippen LogP contribution in [0.15, 0.2) is 22.7 Å². The van der Waals surface area contributed by atoms with Crippen molar-refractivity contribution in [2.45, 2.75) is 25.9 Å². The van der Waals surface area contributed by atoms with E-state index >= 15 is 0 Å². The number of benzene rings is 1. The fraction of sp³-hybridized carbons (Fsp3) is 0.417. The molecule has 19 heavy (non-hydrogen) atoms. The minimum atomic E-state index is -0.547. The molecule has 0 aliphatic carbocycles. The molecule has 0 spiro atoms. The summed E-state index contributed by atoms with van der Waals surface area (Å²) in [4.78, 5) is 22.0. The van der Waals surface area contributed by atoms with Crippen LogP contribution >= 0.6 is 15.9 Å². The molecule has 1 aromatic rings. The summed E-state index contributed by atoms with van der Waals surface area (Å²) in [6.45, 7) is 2.10. The van der Waals surface area contributed by atoms with Crippen LogP contribution in [0.3, 0.4) is 0 Å². The molecule has 0 saturated heterocycles. The topological polar surface area (TPSA) is 92.5 Å². The maximum atomic E-state index is 11.8. The lowest BCUT2D eigenvalue weighted by atomic mass is 10.2. The Labute approximate surface area is 119 Å². The van der Waals surface area contributed by atoms with Crippen molar-refractivity contribution in [3.63, 3.8) is 0 Å². The molecule has 0 aliphatic heterocycles. The lowest BCUT2D eigenvalue weighted by Crippen LogP contribution is -2.25. The number of hydrogen-bond donors (Lipinski definition) is 2. The first kappa shape index (κ1) is 15.6. The summed E-state index contributed by atoms with van der Waals surface area (Å²) in [5.41, 5.74) is 0.101. The molecular formula is C12H15BrN2O4. The number of aliphatic hydroxyl groups is 1. The molecule has 0 fully saturated rings. The van der Waals surface area contributed by atoms with Gasteiger partial charge in [0.15, 0.2) is 0 Å². The van der Waals surface area contributed by atoms with Crippen LogP contribution in [0.25, 0.3) is 0 Å². The highest BCUT2D eigenvalue weighted by Crippen LogP contribution is 2.25. The fourth-order valence-corrected chi connectivity index (χ4v) is 1.89. The molecule has 2 N–H and O–H groups in total. The number of hydrogen-bond acceptors (Lipinski definition) is 4. The Morgan fingerprint density at radius 2 is 2.26 bits per heavy atom. The Balaban J connectivity index is 2.62. The maximum Gasteiger partial charge on any atom is 0.284 e. The van der Waals surface area contributed by atoms with Crippen LogP contribution in [0.4, 0.5) is 5.69 Å². The molecule has 7 heteroatoms. The largest absolute Gasteiger partial charge is 0.393 e. The van der Waals surface area contributed by atoms with E-state index in [0.717, 1.165) is 0 Å². The van der Waals surface area contributed by atoms with Gasteiger partial charge in [0.05, 0.1) is 15.5 Å². The van der Waals surface area contributed by atoms with E-state index in [9.17, 15) is 14.9 Å². The summed E-state index contributed by atoms with van der Waals surface area (Å²) in [6.07, 6.45) is 0.855. The number of aliphatic hydroxyl groups excluding tert-OH is 1. The van der Waals surface area contributed by atoms with Crippen molar-refractivity contribution in [3.05, 3.63) is 38.3 Å². The number of amides is 1. The number of nitrogens with zero attached hydrogens (tertiary/aromatic N) is 1. The van der Waals surface area contributed by atoms with Crippen LogP contribution in [-0.2, 0) is 0 Å². The van der Waals surface area contributed by atoms with Crippen LogP contribution in [-0.4, -0.2) is 28.6 Å². The monoisotopic (exact) mass is 330 g/mol. The second-order valence-corrected chi connectivity index (χ2v) is 5.02. The van der Waals surface area contributed by atoms with Crippen LogP contribution < -0.4 is 5.32 Å². The van der Waals surface area contributed by atoms with Gasteiger partial charge in [-0.2, -0.15) is 0 Å². The average Bonchev–Trinajstić information content (AvgIpc) is 2.34. The number of nitro benzene ring substituents is 1. The molecule has 1 rings (SSSR count). The van der Waals surface area contributed by atoms with Crippen molar-refractivity contribution in [1.29, 1.82) is 0 Å². The van der Waals surface area contributed by atoms with E-state index < -0.39 is 11.0 Å². The molecule has 1 aromatic carbocycles. The number of halogens is 1. The van der Waals surface area contributed by atoms with Gasteiger partial charge in [-0.25, -0.2) is 0 Å². The van der Waals surface area contributed by atoms with E-state index in [1.165, 1.54) is 18.2 Å². The minimum Gasteiger partial charge on any atom is -0.393 e. The van der Waals surface area contributed by atoms with E-state index in [1.807, 2.05) is 0 Å². The van der Waals surface area contributed by atoms with Crippen molar-refractivity contribution in [1.82, 2.24) is 5.32 Å². The number of carbonyl (C=O) groups is 1. The SMILES string of the molecule is CC(O)CCCNC(=O)c1ccc(Br)c([N+](=O)[O-])c1. The molecule has 0 radical (unpaired) electrons. The first-order chi connectivity index (χ1) is 8.91. The van der Waals surface area contributed by atoms with Gasteiger partial charge in [-0.05, 0) is 47.8 Å². The number of carbonyl (C=O) groups excluding carboxylic acids is 1. The highest BCUT2D eigenvalue weighted by atomic mass is 79.9. The maximum absolute atomic E-state index is 11.8. The zero-order valence-corrected chi connectivity index (χ0v) is 12.0. The molecule has 0 aliphatic rings. The van der Waals surface area contributed by atoms with E-state index in [2.05, 4.69) is 21.2 Å². The van der Waals surface area contributed by atoms with Crippen LogP contribution in [0.1, 0.15) is 30.1 Å². The molecule has 0 saturated carbocycles. The second kappa shape index (κ2) is 7.20. The summed E-state index contributed by atoms with van der Waals surface area (Å²) in [5, 5.41) is 22.5. The van der Waals surface area contributed by atoms with Crippen molar-refractivity contribution < 1.29 is 14.8 Å². The van der Waals surface area contributed by atoms with Gasteiger partial charge in [-0.1, -0.05) is 0 Å². The zero-order chi connectivity index (χ0) is 14.4. The molecule has 0 heterocycles. The summed E-state index contributed by atoms with van der Waals surface area (Å²) in [5.74, 6) is -0.360. The summed E-state index contributed by atoms with van der Waals surface area (Å²) < 4.78 is 0.336. The fourth-order valence-electron chi connectivity index (χ4n) is 1.50. The van der Waals surface area contributed by atoms with Gasteiger partial charge >= 0.3 is 0 Å². The third-order valence-electron chi connectivity index (χ3n) is 2.49. The average molecular weight is 331 g/mol. The standard InChI is InChI=1S/C12H15BrN2O4/c1-8(16)3-2-6-14-12(17)9-4-5-10(13)11(7-9)15(18)19/h4-5,7-8,16H,2-3,6H2,1H3,(H,14,17). The highest BCUT2D eigenvalue weighted by Gasteiger charge is 2.15. The van der Waals surface area contributed by atoms with Gasteiger partial charge < -0.3 is 10.4 Å². The summed E-state index contributed by atoms with van der Waals surface area (Å²) >= 11 is 3.06. The zero-order valence-electron chi connectivity index (χ0n) is 10.4. The Hall–Kier alpha value is -1.47. The molecule has 1 atom stereocenters. The van der Waals surface area contributed by atoms with Crippen molar-refractivity contribution >= 4 is 27.5 Å². The number of rotatable bonds is 6. The van der Waals surface area contributed by atoms with E-state index in [4.69, 9.17) is 5.11 Å². The predicted octanol–water partition coefficient (Wildman–Crippen LogP) is 2.25. The Morgan fingerprint density at radius 1 is 1.58 bits per heavy atom. The minimum absolute atomic E-state index is 0.142. The van der Waals surface area contributed by atoms with Crippen molar-refractivity contribution in [3.8, 4) is 0 Å². The number of nitro groups is 1. The molecule has 104 valence electrons. The Morgan fingerprint density at radius 3 is 2.84 bits per heavy atom. The molecule has 1 amide bonds. The van der Waals surface area contributed by atoms with E-state index in [0.29, 0.717) is 23.9 Å². The third-order valence-corrected chi connectivity index (χ3v) is 3.16. The van der Waals surface area contributed by atoms with Crippen LogP contribution in [0.2, 0.25) is 0 Å². The van der Waals surface area contributed by atoms with Gasteiger partial charge in [-0.3, -0.25) is 14.9 Å². The van der Waals surface area contributed by atoms with Gasteiger partial charge in [-0.15, -0.1) is 0 Å². The van der Waals surface area contributed by atoms with Crippen LogP contribution in [0, 0.1) is 10.1 Å². The summed E-state index contributed by atoms with van der Waals surface area (Å²) in [6, 6.07) is 4.22. The lowest BCUT2D eigenvalue weighted by molar-refractivity contribution is -0.385. The van der Waals surface area contributed by atoms with E-state index in [-0.39, 0.29) is 17.2 Å². The van der Waals surface area contributed by atoms with Gasteiger partial charge in [0.2, 0.25) is 0 Å². The van der Waals surface area contributed by atoms with Crippen molar-refractivity contribution in [2.24, 2.45) is 0 Å². The third kappa shape index (κ3) is 4.96. The Kier molecular flexibility index (Phi) is 5.91.